The Balaban J connectivity index is 1.85. The highest BCUT2D eigenvalue weighted by Gasteiger charge is 2.16. The van der Waals surface area contributed by atoms with E-state index in [0.717, 1.165) is 24.9 Å². The number of fused-ring (bicyclic) bond motifs is 1. The molecule has 3 amide bonds. The summed E-state index contributed by atoms with van der Waals surface area (Å²) in [5.74, 6) is -0.166. The molecule has 0 unspecified atom stereocenters. The van der Waals surface area contributed by atoms with Crippen LogP contribution in [0.5, 0.6) is 0 Å². The molecule has 3 N–H and O–H groups in total. The van der Waals surface area contributed by atoms with Crippen molar-refractivity contribution in [1.29, 1.82) is 0 Å². The van der Waals surface area contributed by atoms with E-state index in [4.69, 9.17) is 0 Å². The molecule has 0 aliphatic heterocycles. The van der Waals surface area contributed by atoms with E-state index in [1.54, 1.807) is 6.92 Å². The Kier molecular flexibility index (Phi) is 5.20. The molecule has 1 atom stereocenters. The molecule has 5 heteroatoms. The van der Waals surface area contributed by atoms with Crippen LogP contribution in [0.4, 0.5) is 10.5 Å². The highest BCUT2D eigenvalue weighted by molar-refractivity contribution is 5.93. The second-order valence-electron chi connectivity index (χ2n) is 5.45. The summed E-state index contributed by atoms with van der Waals surface area (Å²) in [7, 11) is 0. The Morgan fingerprint density at radius 2 is 2.00 bits per heavy atom. The highest BCUT2D eigenvalue weighted by atomic mass is 16.2. The third-order valence-corrected chi connectivity index (χ3v) is 3.65. The Bertz CT molecular complexity index is 528. The van der Waals surface area contributed by atoms with Gasteiger partial charge in [0.2, 0.25) is 5.91 Å². The van der Waals surface area contributed by atoms with Gasteiger partial charge in [0.25, 0.3) is 0 Å². The van der Waals surface area contributed by atoms with Crippen molar-refractivity contribution in [2.24, 2.45) is 0 Å². The van der Waals surface area contributed by atoms with E-state index >= 15 is 0 Å². The molecule has 1 aromatic rings. The average Bonchev–Trinajstić information content (AvgIpc) is 2.91. The Morgan fingerprint density at radius 1 is 1.24 bits per heavy atom. The van der Waals surface area contributed by atoms with E-state index in [-0.39, 0.29) is 11.9 Å². The van der Waals surface area contributed by atoms with Gasteiger partial charge in [0.15, 0.2) is 0 Å². The number of amides is 3. The summed E-state index contributed by atoms with van der Waals surface area (Å²) in [6, 6.07) is 5.09. The van der Waals surface area contributed by atoms with Crippen molar-refractivity contribution in [3.8, 4) is 0 Å². The number of hydrogen-bond acceptors (Lipinski definition) is 2. The molecule has 0 spiro atoms. The van der Waals surface area contributed by atoms with E-state index in [1.807, 2.05) is 19.1 Å². The predicted octanol–water partition coefficient (Wildman–Crippen LogP) is 2.21. The van der Waals surface area contributed by atoms with Gasteiger partial charge in [-0.3, -0.25) is 4.79 Å². The molecule has 2 rings (SSSR count). The van der Waals surface area contributed by atoms with Gasteiger partial charge in [0.1, 0.15) is 6.04 Å². The predicted molar refractivity (Wildman–Crippen MR) is 83.4 cm³/mol. The number of anilines is 1. The molecule has 0 saturated carbocycles. The fourth-order valence-corrected chi connectivity index (χ4v) is 2.48. The lowest BCUT2D eigenvalue weighted by Gasteiger charge is -2.15. The number of benzene rings is 1. The topological polar surface area (TPSA) is 70.2 Å². The van der Waals surface area contributed by atoms with Gasteiger partial charge in [0.05, 0.1) is 0 Å². The van der Waals surface area contributed by atoms with Gasteiger partial charge in [-0.1, -0.05) is 13.0 Å². The molecular weight excluding hydrogens is 266 g/mol. The molecule has 21 heavy (non-hydrogen) atoms. The summed E-state index contributed by atoms with van der Waals surface area (Å²) >= 11 is 0. The summed E-state index contributed by atoms with van der Waals surface area (Å²) in [5.41, 5.74) is 3.45. The van der Waals surface area contributed by atoms with Crippen molar-refractivity contribution < 1.29 is 9.59 Å². The van der Waals surface area contributed by atoms with E-state index < -0.39 is 6.04 Å². The number of nitrogens with one attached hydrogen (secondary N) is 3. The minimum Gasteiger partial charge on any atom is -0.354 e. The first kappa shape index (κ1) is 15.4. The summed E-state index contributed by atoms with van der Waals surface area (Å²) in [5, 5.41) is 8.18. The van der Waals surface area contributed by atoms with Crippen LogP contribution < -0.4 is 16.0 Å². The van der Waals surface area contributed by atoms with Crippen LogP contribution >= 0.6 is 0 Å². The molecule has 1 aliphatic carbocycles. The van der Waals surface area contributed by atoms with Crippen LogP contribution in [0.3, 0.4) is 0 Å². The average molecular weight is 289 g/mol. The summed E-state index contributed by atoms with van der Waals surface area (Å²) < 4.78 is 0. The minimum atomic E-state index is -0.550. The third-order valence-electron chi connectivity index (χ3n) is 3.65. The number of hydrogen-bond donors (Lipinski definition) is 3. The van der Waals surface area contributed by atoms with Crippen LogP contribution in [0, 0.1) is 0 Å². The van der Waals surface area contributed by atoms with Crippen LogP contribution in [-0.4, -0.2) is 24.5 Å². The van der Waals surface area contributed by atoms with Crippen molar-refractivity contribution in [3.05, 3.63) is 29.3 Å². The Labute approximate surface area is 125 Å². The number of aryl methyl sites for hydroxylation is 2. The first-order valence-electron chi connectivity index (χ1n) is 7.57. The molecular formula is C16H23N3O2. The van der Waals surface area contributed by atoms with Crippen molar-refractivity contribution in [2.75, 3.05) is 11.9 Å². The third kappa shape index (κ3) is 4.21. The molecule has 0 radical (unpaired) electrons. The summed E-state index contributed by atoms with van der Waals surface area (Å²) in [6.07, 6.45) is 4.25. The van der Waals surface area contributed by atoms with Gasteiger partial charge < -0.3 is 16.0 Å². The number of carbonyl (C=O) groups is 2. The lowest BCUT2D eigenvalue weighted by molar-refractivity contribution is -0.122. The standard InChI is InChI=1S/C16H23N3O2/c1-3-9-17-15(20)11(2)18-16(21)19-14-8-7-12-5-4-6-13(12)10-14/h7-8,10-11H,3-6,9H2,1-2H3,(H,17,20)(H2,18,19,21)/t11-/m1/s1. The zero-order valence-corrected chi connectivity index (χ0v) is 12.7. The smallest absolute Gasteiger partial charge is 0.319 e. The van der Waals surface area contributed by atoms with Crippen LogP contribution in [0.2, 0.25) is 0 Å². The maximum Gasteiger partial charge on any atom is 0.319 e. The first-order valence-corrected chi connectivity index (χ1v) is 7.57. The molecule has 5 nitrogen and oxygen atoms in total. The number of carbonyl (C=O) groups excluding carboxylic acids is 2. The lowest BCUT2D eigenvalue weighted by Crippen LogP contribution is -2.46. The maximum atomic E-state index is 11.9. The van der Waals surface area contributed by atoms with Crippen molar-refractivity contribution in [2.45, 2.75) is 45.6 Å². The molecule has 1 aromatic carbocycles. The fourth-order valence-electron chi connectivity index (χ4n) is 2.48. The molecule has 0 bridgehead atoms. The van der Waals surface area contributed by atoms with Gasteiger partial charge in [0, 0.05) is 12.2 Å². The summed E-state index contributed by atoms with van der Waals surface area (Å²) in [4.78, 5) is 23.6. The van der Waals surface area contributed by atoms with Crippen LogP contribution in [0.25, 0.3) is 0 Å². The highest BCUT2D eigenvalue weighted by Crippen LogP contribution is 2.24. The van der Waals surface area contributed by atoms with Gasteiger partial charge >= 0.3 is 6.03 Å². The van der Waals surface area contributed by atoms with Crippen LogP contribution in [0.1, 0.15) is 37.8 Å². The van der Waals surface area contributed by atoms with Gasteiger partial charge in [-0.2, -0.15) is 0 Å². The number of rotatable bonds is 5. The molecule has 0 aromatic heterocycles. The molecule has 0 heterocycles. The quantitative estimate of drug-likeness (QED) is 0.778. The summed E-state index contributed by atoms with van der Waals surface area (Å²) in [6.45, 7) is 4.28. The van der Waals surface area contributed by atoms with Crippen molar-refractivity contribution in [3.63, 3.8) is 0 Å². The van der Waals surface area contributed by atoms with E-state index in [1.165, 1.54) is 17.5 Å². The monoisotopic (exact) mass is 289 g/mol. The zero-order chi connectivity index (χ0) is 15.2. The van der Waals surface area contributed by atoms with Crippen LogP contribution in [-0.2, 0) is 17.6 Å². The van der Waals surface area contributed by atoms with Gasteiger partial charge in [-0.25, -0.2) is 4.79 Å². The van der Waals surface area contributed by atoms with Crippen LogP contribution in [0.15, 0.2) is 18.2 Å². The van der Waals surface area contributed by atoms with E-state index in [0.29, 0.717) is 6.54 Å². The van der Waals surface area contributed by atoms with E-state index in [9.17, 15) is 9.59 Å². The van der Waals surface area contributed by atoms with Gasteiger partial charge in [-0.15, -0.1) is 0 Å². The lowest BCUT2D eigenvalue weighted by atomic mass is 10.1. The molecule has 114 valence electrons. The maximum absolute atomic E-state index is 11.9. The first-order chi connectivity index (χ1) is 10.1. The second-order valence-corrected chi connectivity index (χ2v) is 5.45. The normalized spacial score (nSPS) is 14.2. The van der Waals surface area contributed by atoms with Crippen molar-refractivity contribution in [1.82, 2.24) is 10.6 Å². The zero-order valence-electron chi connectivity index (χ0n) is 12.7. The Morgan fingerprint density at radius 3 is 2.76 bits per heavy atom. The van der Waals surface area contributed by atoms with Gasteiger partial charge in [-0.05, 0) is 55.9 Å². The Hall–Kier alpha value is -2.04. The second kappa shape index (κ2) is 7.11. The minimum absolute atomic E-state index is 0.166. The molecule has 1 aliphatic rings. The largest absolute Gasteiger partial charge is 0.354 e. The number of urea groups is 1. The SMILES string of the molecule is CCCNC(=O)[C@@H](C)NC(=O)Nc1ccc2c(c1)CCC2. The molecule has 0 fully saturated rings. The molecule has 0 saturated heterocycles. The van der Waals surface area contributed by atoms with Crippen molar-refractivity contribution >= 4 is 17.6 Å². The van der Waals surface area contributed by atoms with E-state index in [2.05, 4.69) is 22.0 Å². The fraction of sp³-hybridized carbons (Fsp3) is 0.500.